The Hall–Kier alpha value is -3.09. The number of anilines is 1. The van der Waals surface area contributed by atoms with Crippen LogP contribution in [0.2, 0.25) is 0 Å². The summed E-state index contributed by atoms with van der Waals surface area (Å²) < 4.78 is 1.58. The van der Waals surface area contributed by atoms with E-state index in [1.807, 2.05) is 23.1 Å². The van der Waals surface area contributed by atoms with Gasteiger partial charge in [-0.25, -0.2) is 0 Å². The standard InChI is InChI=1S/C24H31N5O2/c1-19(25-20-8-4-2-5-9-20)17-29-22(18-30)16-23(26-29)24(31)28-14-12-27(13-15-28)21-10-6-3-7-11-21/h3,6-7,10-11,16,18,20,25H,1-2,4-5,8-9,12-15,17H2. The van der Waals surface area contributed by atoms with Gasteiger partial charge in [0.25, 0.3) is 5.91 Å². The summed E-state index contributed by atoms with van der Waals surface area (Å²) >= 11 is 0. The number of aromatic nitrogens is 2. The molecule has 7 nitrogen and oxygen atoms in total. The molecule has 0 radical (unpaired) electrons. The first kappa shape index (κ1) is 21.2. The molecule has 2 aromatic rings. The van der Waals surface area contributed by atoms with E-state index in [9.17, 15) is 9.59 Å². The second kappa shape index (κ2) is 9.81. The highest BCUT2D eigenvalue weighted by Gasteiger charge is 2.25. The predicted octanol–water partition coefficient (Wildman–Crippen LogP) is 3.09. The molecule has 1 aliphatic carbocycles. The maximum atomic E-state index is 13.0. The van der Waals surface area contributed by atoms with Gasteiger partial charge in [-0.15, -0.1) is 0 Å². The number of nitrogens with one attached hydrogen (secondary N) is 1. The van der Waals surface area contributed by atoms with Gasteiger partial charge in [0.2, 0.25) is 0 Å². The summed E-state index contributed by atoms with van der Waals surface area (Å²) in [5, 5.41) is 7.91. The first-order chi connectivity index (χ1) is 15.1. The Morgan fingerprint density at radius 3 is 2.48 bits per heavy atom. The smallest absolute Gasteiger partial charge is 0.274 e. The Bertz CT molecular complexity index is 909. The molecule has 1 saturated heterocycles. The summed E-state index contributed by atoms with van der Waals surface area (Å²) in [7, 11) is 0. The molecule has 0 unspecified atom stereocenters. The lowest BCUT2D eigenvalue weighted by Gasteiger charge is -2.35. The van der Waals surface area contributed by atoms with Crippen molar-refractivity contribution in [3.63, 3.8) is 0 Å². The van der Waals surface area contributed by atoms with Crippen molar-refractivity contribution in [3.8, 4) is 0 Å². The van der Waals surface area contributed by atoms with E-state index in [4.69, 9.17) is 0 Å². The molecule has 7 heteroatoms. The molecule has 1 amide bonds. The molecule has 1 aliphatic heterocycles. The molecule has 4 rings (SSSR count). The van der Waals surface area contributed by atoms with Crippen molar-refractivity contribution in [2.24, 2.45) is 0 Å². The molecule has 1 saturated carbocycles. The zero-order valence-corrected chi connectivity index (χ0v) is 18.0. The molecule has 31 heavy (non-hydrogen) atoms. The molecule has 2 fully saturated rings. The number of allylic oxidation sites excluding steroid dienone is 1. The minimum absolute atomic E-state index is 0.125. The van der Waals surface area contributed by atoms with E-state index in [-0.39, 0.29) is 5.91 Å². The lowest BCUT2D eigenvalue weighted by molar-refractivity contribution is 0.0739. The third-order valence-electron chi connectivity index (χ3n) is 6.19. The van der Waals surface area contributed by atoms with Crippen LogP contribution in [-0.2, 0) is 6.54 Å². The number of amides is 1. The average molecular weight is 422 g/mol. The number of nitrogens with zero attached hydrogens (tertiary/aromatic N) is 4. The number of carbonyl (C=O) groups is 2. The van der Waals surface area contributed by atoms with Crippen LogP contribution in [0.4, 0.5) is 5.69 Å². The van der Waals surface area contributed by atoms with E-state index in [1.54, 1.807) is 10.7 Å². The molecular formula is C24H31N5O2. The van der Waals surface area contributed by atoms with Crippen LogP contribution in [0.3, 0.4) is 0 Å². The number of rotatable bonds is 7. The van der Waals surface area contributed by atoms with Crippen molar-refractivity contribution in [3.05, 3.63) is 60.1 Å². The van der Waals surface area contributed by atoms with Crippen molar-refractivity contribution >= 4 is 17.9 Å². The first-order valence-electron chi connectivity index (χ1n) is 11.2. The maximum absolute atomic E-state index is 13.0. The topological polar surface area (TPSA) is 70.5 Å². The Morgan fingerprint density at radius 2 is 1.81 bits per heavy atom. The van der Waals surface area contributed by atoms with Crippen LogP contribution < -0.4 is 10.2 Å². The summed E-state index contributed by atoms with van der Waals surface area (Å²) in [5.74, 6) is -0.125. The van der Waals surface area contributed by atoms with E-state index in [1.165, 1.54) is 24.9 Å². The van der Waals surface area contributed by atoms with Gasteiger partial charge >= 0.3 is 0 Å². The van der Waals surface area contributed by atoms with Gasteiger partial charge in [-0.1, -0.05) is 44.0 Å². The number of para-hydroxylation sites is 1. The van der Waals surface area contributed by atoms with Crippen LogP contribution in [0, 0.1) is 0 Å². The zero-order chi connectivity index (χ0) is 21.6. The van der Waals surface area contributed by atoms with Crippen molar-refractivity contribution < 1.29 is 9.59 Å². The second-order valence-corrected chi connectivity index (χ2v) is 8.43. The van der Waals surface area contributed by atoms with Crippen molar-refractivity contribution in [2.45, 2.75) is 44.7 Å². The van der Waals surface area contributed by atoms with Crippen LogP contribution in [0.1, 0.15) is 53.1 Å². The molecular weight excluding hydrogens is 390 g/mol. The molecule has 164 valence electrons. The van der Waals surface area contributed by atoms with Crippen molar-refractivity contribution in [1.29, 1.82) is 0 Å². The fourth-order valence-corrected chi connectivity index (χ4v) is 4.49. The lowest BCUT2D eigenvalue weighted by atomic mass is 9.95. The highest BCUT2D eigenvalue weighted by Crippen LogP contribution is 2.19. The van der Waals surface area contributed by atoms with Crippen LogP contribution in [0.25, 0.3) is 0 Å². The fraction of sp³-hybridized carbons (Fsp3) is 0.458. The lowest BCUT2D eigenvalue weighted by Crippen LogP contribution is -2.48. The van der Waals surface area contributed by atoms with E-state index in [0.717, 1.165) is 37.9 Å². The largest absolute Gasteiger partial charge is 0.385 e. The van der Waals surface area contributed by atoms with Crippen LogP contribution in [0.15, 0.2) is 48.7 Å². The summed E-state index contributed by atoms with van der Waals surface area (Å²) in [4.78, 5) is 28.7. The Balaban J connectivity index is 1.36. The van der Waals surface area contributed by atoms with E-state index < -0.39 is 0 Å². The van der Waals surface area contributed by atoms with Crippen molar-refractivity contribution in [1.82, 2.24) is 20.0 Å². The Kier molecular flexibility index (Phi) is 6.70. The number of aldehydes is 1. The number of carbonyl (C=O) groups excluding carboxylic acids is 2. The molecule has 1 N–H and O–H groups in total. The minimum Gasteiger partial charge on any atom is -0.385 e. The molecule has 1 aromatic carbocycles. The number of benzene rings is 1. The van der Waals surface area contributed by atoms with Gasteiger partial charge in [0, 0.05) is 43.6 Å². The Labute approximate surface area is 183 Å². The van der Waals surface area contributed by atoms with Crippen LogP contribution >= 0.6 is 0 Å². The van der Waals surface area contributed by atoms with Crippen LogP contribution in [-0.4, -0.2) is 59.1 Å². The number of piperazine rings is 1. The van der Waals surface area contributed by atoms with Gasteiger partial charge in [-0.05, 0) is 31.0 Å². The molecule has 0 bridgehead atoms. The van der Waals surface area contributed by atoms with E-state index in [0.29, 0.717) is 37.1 Å². The van der Waals surface area contributed by atoms with Gasteiger partial charge in [0.05, 0.1) is 6.54 Å². The monoisotopic (exact) mass is 421 g/mol. The Morgan fingerprint density at radius 1 is 1.10 bits per heavy atom. The normalized spacial score (nSPS) is 17.4. The second-order valence-electron chi connectivity index (χ2n) is 8.43. The van der Waals surface area contributed by atoms with Gasteiger partial charge < -0.3 is 15.1 Å². The molecule has 1 aromatic heterocycles. The molecule has 2 aliphatic rings. The van der Waals surface area contributed by atoms with Gasteiger partial charge in [-0.3, -0.25) is 14.3 Å². The average Bonchev–Trinajstić information content (AvgIpc) is 3.22. The summed E-state index contributed by atoms with van der Waals surface area (Å²) in [6, 6.07) is 12.3. The molecule has 0 atom stereocenters. The van der Waals surface area contributed by atoms with Gasteiger partial charge in [-0.2, -0.15) is 5.10 Å². The van der Waals surface area contributed by atoms with E-state index >= 15 is 0 Å². The minimum atomic E-state index is -0.125. The SMILES string of the molecule is C=C(Cn1nc(C(=O)N2CCN(c3ccccc3)CC2)cc1C=O)NC1CCCCC1. The molecule has 0 spiro atoms. The van der Waals surface area contributed by atoms with Gasteiger partial charge in [0.1, 0.15) is 5.69 Å². The highest BCUT2D eigenvalue weighted by atomic mass is 16.2. The highest BCUT2D eigenvalue weighted by molar-refractivity contribution is 5.94. The van der Waals surface area contributed by atoms with Gasteiger partial charge in [0.15, 0.2) is 12.0 Å². The van der Waals surface area contributed by atoms with Crippen molar-refractivity contribution in [2.75, 3.05) is 31.1 Å². The first-order valence-corrected chi connectivity index (χ1v) is 11.2. The zero-order valence-electron chi connectivity index (χ0n) is 18.0. The summed E-state index contributed by atoms with van der Waals surface area (Å²) in [5.41, 5.74) is 2.72. The third-order valence-corrected chi connectivity index (χ3v) is 6.19. The predicted molar refractivity (Wildman–Crippen MR) is 121 cm³/mol. The number of hydrogen-bond donors (Lipinski definition) is 1. The third kappa shape index (κ3) is 5.16. The number of hydrogen-bond acceptors (Lipinski definition) is 5. The molecule has 2 heterocycles. The van der Waals surface area contributed by atoms with E-state index in [2.05, 4.69) is 34.0 Å². The van der Waals surface area contributed by atoms with Crippen LogP contribution in [0.5, 0.6) is 0 Å². The fourth-order valence-electron chi connectivity index (χ4n) is 4.49. The summed E-state index contributed by atoms with van der Waals surface area (Å²) in [6.45, 7) is 7.32. The summed E-state index contributed by atoms with van der Waals surface area (Å²) in [6.07, 6.45) is 6.83. The quantitative estimate of drug-likeness (QED) is 0.696. The maximum Gasteiger partial charge on any atom is 0.274 e.